The van der Waals surface area contributed by atoms with E-state index in [0.717, 1.165) is 0 Å². The Balaban J connectivity index is 1.50. The number of hydrogen-bond donors (Lipinski definition) is 4. The van der Waals surface area contributed by atoms with Gasteiger partial charge in [0, 0.05) is 35.2 Å². The lowest BCUT2D eigenvalue weighted by molar-refractivity contribution is -0.137. The number of carbonyl (C=O) groups excluding carboxylic acids is 1. The topological polar surface area (TPSA) is 199 Å². The molecule has 0 fully saturated rings. The minimum atomic E-state index is -4.49. The van der Waals surface area contributed by atoms with Gasteiger partial charge in [0.25, 0.3) is 20.2 Å². The number of hydrogen-bond acceptors (Lipinski definition) is 9. The van der Waals surface area contributed by atoms with Gasteiger partial charge in [-0.05, 0) is 72.5 Å². The molecular weight excluding hydrogens is 636 g/mol. The fourth-order valence-electron chi connectivity index (χ4n) is 6.12. The highest BCUT2D eigenvalue weighted by atomic mass is 32.2. The van der Waals surface area contributed by atoms with Gasteiger partial charge >= 0.3 is 5.97 Å². The van der Waals surface area contributed by atoms with Gasteiger partial charge in [-0.1, -0.05) is 34.1 Å². The van der Waals surface area contributed by atoms with Crippen molar-refractivity contribution in [2.75, 3.05) is 11.4 Å². The number of allylic oxidation sites excluding steroid dienone is 5. The van der Waals surface area contributed by atoms with E-state index in [1.165, 1.54) is 36.4 Å². The summed E-state index contributed by atoms with van der Waals surface area (Å²) in [6, 6.07) is 8.28. The van der Waals surface area contributed by atoms with Crippen LogP contribution in [0.2, 0.25) is 0 Å². The van der Waals surface area contributed by atoms with Crippen LogP contribution >= 0.6 is 0 Å². The quantitative estimate of drug-likeness (QED) is 0.147. The summed E-state index contributed by atoms with van der Waals surface area (Å²) in [5.74, 6) is -1.61. The Labute approximate surface area is 267 Å². The fourth-order valence-corrected chi connectivity index (χ4v) is 7.13. The maximum Gasteiger partial charge on any atom is 0.303 e. The Morgan fingerprint density at radius 2 is 1.48 bits per heavy atom. The van der Waals surface area contributed by atoms with Crippen molar-refractivity contribution in [2.45, 2.75) is 74.0 Å². The molecule has 0 bridgehead atoms. The van der Waals surface area contributed by atoms with E-state index in [0.29, 0.717) is 59.7 Å². The minimum Gasteiger partial charge on any atom is -0.506 e. The van der Waals surface area contributed by atoms with Crippen LogP contribution < -0.4 is 4.90 Å². The first kappa shape index (κ1) is 33.3. The fraction of sp³-hybridized carbons (Fsp3) is 0.344. The lowest BCUT2D eigenvalue weighted by Gasteiger charge is -2.29. The summed E-state index contributed by atoms with van der Waals surface area (Å²) in [5, 5.41) is 20.1. The van der Waals surface area contributed by atoms with Crippen LogP contribution in [0.25, 0.3) is 0 Å². The van der Waals surface area contributed by atoms with Crippen LogP contribution in [-0.2, 0) is 40.7 Å². The first-order chi connectivity index (χ1) is 21.2. The smallest absolute Gasteiger partial charge is 0.303 e. The number of aliphatic hydroxyl groups excluding tert-OH is 1. The molecule has 14 heteroatoms. The standard InChI is InChI=1S/C32H34N2O10S2/c1-31(2)22-14-18(45(39,40)41)9-11-24(22)33-26(31)16-20-29(37)21(30(20)38)17-27-32(3,4)23-15-19(46(42,43)44)10-12-25(23)34(27)13-7-5-6-8-28(35)36/h9-12,14-17,37H,5-8,13H2,1-4H3,(H,35,36)(H,39,40,41)(H,42,43,44). The van der Waals surface area contributed by atoms with E-state index in [1.54, 1.807) is 26.0 Å². The number of ketones is 1. The van der Waals surface area contributed by atoms with Gasteiger partial charge in [-0.25, -0.2) is 0 Å². The van der Waals surface area contributed by atoms with Crippen molar-refractivity contribution in [3.63, 3.8) is 0 Å². The number of carboxylic acid groups (broad SMARTS) is 1. The van der Waals surface area contributed by atoms with Crippen molar-refractivity contribution in [1.29, 1.82) is 0 Å². The summed E-state index contributed by atoms with van der Waals surface area (Å²) < 4.78 is 66.4. The number of nitrogens with zero attached hydrogens (tertiary/aromatic N) is 2. The molecule has 0 radical (unpaired) electrons. The number of rotatable bonds is 10. The van der Waals surface area contributed by atoms with Crippen molar-refractivity contribution in [3.05, 3.63) is 82.3 Å². The highest BCUT2D eigenvalue weighted by Crippen LogP contribution is 2.50. The summed E-state index contributed by atoms with van der Waals surface area (Å²) in [5.41, 5.74) is 1.61. The highest BCUT2D eigenvalue weighted by molar-refractivity contribution is 7.86. The highest BCUT2D eigenvalue weighted by Gasteiger charge is 2.44. The van der Waals surface area contributed by atoms with Crippen LogP contribution in [0.15, 0.2) is 85.9 Å². The Bertz CT molecular complexity index is 2040. The molecule has 0 atom stereocenters. The number of anilines is 1. The van der Waals surface area contributed by atoms with Crippen molar-refractivity contribution in [1.82, 2.24) is 0 Å². The summed E-state index contributed by atoms with van der Waals surface area (Å²) in [6.07, 6.45) is 4.73. The minimum absolute atomic E-state index is 0.0173. The second kappa shape index (κ2) is 11.3. The zero-order valence-corrected chi connectivity index (χ0v) is 27.2. The molecule has 244 valence electrons. The number of fused-ring (bicyclic) bond motifs is 2. The number of aliphatic hydroxyl groups is 1. The molecule has 0 amide bonds. The molecule has 2 aromatic carbocycles. The van der Waals surface area contributed by atoms with Crippen LogP contribution in [0.3, 0.4) is 0 Å². The van der Waals surface area contributed by atoms with E-state index >= 15 is 0 Å². The van der Waals surface area contributed by atoms with Crippen LogP contribution in [0, 0.1) is 0 Å². The molecule has 0 unspecified atom stereocenters. The lowest BCUT2D eigenvalue weighted by Crippen LogP contribution is -2.31. The van der Waals surface area contributed by atoms with Crippen molar-refractivity contribution >= 4 is 49.1 Å². The van der Waals surface area contributed by atoms with Gasteiger partial charge in [0.2, 0.25) is 5.78 Å². The molecule has 1 aliphatic carbocycles. The third-order valence-corrected chi connectivity index (χ3v) is 10.5. The summed E-state index contributed by atoms with van der Waals surface area (Å²) >= 11 is 0. The van der Waals surface area contributed by atoms with Crippen LogP contribution in [0.5, 0.6) is 0 Å². The molecule has 2 aromatic rings. The Kier molecular flexibility index (Phi) is 8.17. The third-order valence-electron chi connectivity index (χ3n) is 8.82. The Morgan fingerprint density at radius 1 is 0.870 bits per heavy atom. The molecule has 0 saturated carbocycles. The predicted molar refractivity (Wildman–Crippen MR) is 170 cm³/mol. The van der Waals surface area contributed by atoms with Crippen molar-refractivity contribution in [2.24, 2.45) is 4.99 Å². The van der Waals surface area contributed by atoms with Gasteiger partial charge in [0.15, 0.2) is 0 Å². The van der Waals surface area contributed by atoms with E-state index in [-0.39, 0.29) is 33.1 Å². The Morgan fingerprint density at radius 3 is 2.07 bits per heavy atom. The number of Topliss-reactive ketones (excluding diaryl/α,β-unsaturated/α-hetero) is 1. The molecular formula is C32H34N2O10S2. The van der Waals surface area contributed by atoms with Gasteiger partial charge in [-0.15, -0.1) is 0 Å². The van der Waals surface area contributed by atoms with E-state index in [9.17, 15) is 40.6 Å². The number of aliphatic imine (C=N–C) groups is 1. The second-order valence-corrected chi connectivity index (χ2v) is 15.4. The summed E-state index contributed by atoms with van der Waals surface area (Å²) in [7, 11) is -8.94. The average molecular weight is 671 g/mol. The molecule has 3 aliphatic rings. The van der Waals surface area contributed by atoms with Gasteiger partial charge in [0.1, 0.15) is 5.76 Å². The number of benzene rings is 2. The van der Waals surface area contributed by atoms with E-state index in [2.05, 4.69) is 4.99 Å². The second-order valence-electron chi connectivity index (χ2n) is 12.6. The third kappa shape index (κ3) is 5.81. The average Bonchev–Trinajstić information content (AvgIpc) is 3.33. The zero-order chi connectivity index (χ0) is 34.0. The molecule has 0 spiro atoms. The van der Waals surface area contributed by atoms with Crippen LogP contribution in [0.4, 0.5) is 11.4 Å². The van der Waals surface area contributed by atoms with Crippen LogP contribution in [0.1, 0.15) is 64.5 Å². The molecule has 0 aromatic heterocycles. The molecule has 12 nitrogen and oxygen atoms in total. The number of unbranched alkanes of at least 4 members (excludes halogenated alkanes) is 2. The molecule has 0 saturated heterocycles. The first-order valence-corrected chi connectivity index (χ1v) is 17.4. The van der Waals surface area contributed by atoms with Gasteiger partial charge in [-0.2, -0.15) is 16.8 Å². The van der Waals surface area contributed by atoms with E-state index in [1.807, 2.05) is 18.7 Å². The van der Waals surface area contributed by atoms with Gasteiger partial charge < -0.3 is 15.1 Å². The van der Waals surface area contributed by atoms with Gasteiger partial charge in [0.05, 0.1) is 32.3 Å². The Hall–Kier alpha value is -4.11. The summed E-state index contributed by atoms with van der Waals surface area (Å²) in [6.45, 7) is 7.65. The SMILES string of the molecule is CC1(C)C(C=C2C(=O)C(C=C3N(CCCCCC(=O)O)c4ccc(S(=O)(=O)O)cc4C3(C)C)=C2O)=Nc2ccc(S(=O)(=O)O)cc21. The number of carboxylic acids is 1. The first-order valence-electron chi connectivity index (χ1n) is 14.5. The maximum absolute atomic E-state index is 13.5. The molecule has 5 rings (SSSR count). The number of carbonyl (C=O) groups is 2. The maximum atomic E-state index is 13.5. The van der Waals surface area contributed by atoms with Crippen molar-refractivity contribution in [3.8, 4) is 0 Å². The molecule has 2 heterocycles. The zero-order valence-electron chi connectivity index (χ0n) is 25.6. The van der Waals surface area contributed by atoms with E-state index < -0.39 is 42.8 Å². The van der Waals surface area contributed by atoms with E-state index in [4.69, 9.17) is 5.11 Å². The van der Waals surface area contributed by atoms with Crippen molar-refractivity contribution < 1.29 is 45.7 Å². The number of aliphatic carboxylic acids is 1. The van der Waals surface area contributed by atoms with Gasteiger partial charge in [-0.3, -0.25) is 23.7 Å². The monoisotopic (exact) mass is 670 g/mol. The molecule has 2 aliphatic heterocycles. The normalized spacial score (nSPS) is 20.2. The molecule has 46 heavy (non-hydrogen) atoms. The predicted octanol–water partition coefficient (Wildman–Crippen LogP) is 5.19. The summed E-state index contributed by atoms with van der Waals surface area (Å²) in [4.78, 5) is 30.3. The molecule has 4 N–H and O–H groups in total. The largest absolute Gasteiger partial charge is 0.506 e. The lowest BCUT2D eigenvalue weighted by atomic mass is 9.77. The van der Waals surface area contributed by atoms with Crippen LogP contribution in [-0.4, -0.2) is 60.2 Å².